The number of carboxylic acid groups (broad SMARTS) is 1. The van der Waals surface area contributed by atoms with Gasteiger partial charge in [0.15, 0.2) is 0 Å². The minimum atomic E-state index is -1.04. The van der Waals surface area contributed by atoms with Crippen molar-refractivity contribution in [3.8, 4) is 0 Å². The Hall–Kier alpha value is -1.79. The van der Waals surface area contributed by atoms with Crippen molar-refractivity contribution in [1.29, 1.82) is 0 Å². The highest BCUT2D eigenvalue weighted by molar-refractivity contribution is 5.78. The molecule has 0 aromatic rings. The summed E-state index contributed by atoms with van der Waals surface area (Å²) in [5, 5.41) is 9.11. The molecule has 0 saturated carbocycles. The third kappa shape index (κ3) is 4.40. The van der Waals surface area contributed by atoms with Gasteiger partial charge in [-0.25, -0.2) is 4.79 Å². The van der Waals surface area contributed by atoms with Crippen LogP contribution < -0.4 is 0 Å². The Morgan fingerprint density at radius 3 is 2.15 bits per heavy atom. The average Bonchev–Trinajstić information content (AvgIpc) is 2.35. The number of likely N-dealkylation sites (tertiary alicyclic amines) is 1. The minimum absolute atomic E-state index is 0.0394. The van der Waals surface area contributed by atoms with Gasteiger partial charge in [-0.3, -0.25) is 9.59 Å². The van der Waals surface area contributed by atoms with Crippen LogP contribution in [-0.2, 0) is 19.1 Å². The largest absolute Gasteiger partial charge is 0.481 e. The Morgan fingerprint density at radius 2 is 1.70 bits per heavy atom. The summed E-state index contributed by atoms with van der Waals surface area (Å²) in [5.74, 6) is -2.97. The smallest absolute Gasteiger partial charge is 0.410 e. The number of hydrogen-bond acceptors (Lipinski definition) is 5. The molecule has 1 unspecified atom stereocenters. The first kappa shape index (κ1) is 16.3. The molecular formula is C13H21NO6. The summed E-state index contributed by atoms with van der Waals surface area (Å²) in [4.78, 5) is 36.0. The first-order chi connectivity index (χ1) is 9.14. The van der Waals surface area contributed by atoms with Gasteiger partial charge in [0.1, 0.15) is 5.60 Å². The minimum Gasteiger partial charge on any atom is -0.481 e. The number of carbonyl (C=O) groups is 3. The fraction of sp³-hybridized carbons (Fsp3) is 0.769. The zero-order chi connectivity index (χ0) is 15.5. The topological polar surface area (TPSA) is 93.1 Å². The quantitative estimate of drug-likeness (QED) is 0.765. The Balaban J connectivity index is 2.82. The molecule has 0 radical (unpaired) electrons. The van der Waals surface area contributed by atoms with Gasteiger partial charge in [-0.05, 0) is 27.2 Å². The van der Waals surface area contributed by atoms with Crippen molar-refractivity contribution in [3.63, 3.8) is 0 Å². The van der Waals surface area contributed by atoms with Gasteiger partial charge in [0.2, 0.25) is 0 Å². The van der Waals surface area contributed by atoms with Crippen LogP contribution in [0.2, 0.25) is 0 Å². The fourth-order valence-corrected chi connectivity index (χ4v) is 2.09. The van der Waals surface area contributed by atoms with E-state index in [1.165, 1.54) is 12.0 Å². The van der Waals surface area contributed by atoms with Gasteiger partial charge in [0.05, 0.1) is 18.9 Å². The molecule has 0 spiro atoms. The second-order valence-corrected chi connectivity index (χ2v) is 5.88. The number of esters is 1. The summed E-state index contributed by atoms with van der Waals surface area (Å²) >= 11 is 0. The van der Waals surface area contributed by atoms with E-state index in [4.69, 9.17) is 9.84 Å². The van der Waals surface area contributed by atoms with Crippen LogP contribution >= 0.6 is 0 Å². The van der Waals surface area contributed by atoms with Gasteiger partial charge in [0, 0.05) is 13.1 Å². The van der Waals surface area contributed by atoms with Crippen LogP contribution in [0.5, 0.6) is 0 Å². The molecule has 0 aliphatic carbocycles. The van der Waals surface area contributed by atoms with Crippen LogP contribution in [0.4, 0.5) is 4.79 Å². The van der Waals surface area contributed by atoms with Gasteiger partial charge < -0.3 is 19.5 Å². The molecular weight excluding hydrogens is 266 g/mol. The lowest BCUT2D eigenvalue weighted by Gasteiger charge is -2.35. The van der Waals surface area contributed by atoms with Gasteiger partial charge >= 0.3 is 18.0 Å². The van der Waals surface area contributed by atoms with Crippen molar-refractivity contribution in [1.82, 2.24) is 4.90 Å². The van der Waals surface area contributed by atoms with Crippen LogP contribution in [0.1, 0.15) is 27.2 Å². The monoisotopic (exact) mass is 287 g/mol. The van der Waals surface area contributed by atoms with Crippen LogP contribution in [0.3, 0.4) is 0 Å². The molecule has 1 amide bonds. The van der Waals surface area contributed by atoms with Crippen molar-refractivity contribution in [2.24, 2.45) is 11.8 Å². The third-order valence-corrected chi connectivity index (χ3v) is 2.99. The van der Waals surface area contributed by atoms with E-state index in [2.05, 4.69) is 4.74 Å². The second-order valence-electron chi connectivity index (χ2n) is 5.88. The lowest BCUT2D eigenvalue weighted by molar-refractivity contribution is -0.151. The van der Waals surface area contributed by atoms with E-state index in [0.29, 0.717) is 0 Å². The highest BCUT2D eigenvalue weighted by Crippen LogP contribution is 2.24. The van der Waals surface area contributed by atoms with Crippen molar-refractivity contribution < 1.29 is 29.0 Å². The lowest BCUT2D eigenvalue weighted by Crippen LogP contribution is -2.49. The van der Waals surface area contributed by atoms with Gasteiger partial charge in [-0.2, -0.15) is 0 Å². The van der Waals surface area contributed by atoms with Crippen LogP contribution in [0.25, 0.3) is 0 Å². The molecule has 7 heteroatoms. The standard InChI is InChI=1S/C13H21NO6/c1-13(2,3)20-12(18)14-6-8(10(15)16)5-9(7-14)11(17)19-4/h8-9H,5-7H2,1-4H3,(H,15,16)/t8-,9?/m1/s1. The Kier molecular flexibility index (Phi) is 4.97. The number of ether oxygens (including phenoxy) is 2. The van der Waals surface area contributed by atoms with E-state index >= 15 is 0 Å². The molecule has 1 saturated heterocycles. The number of piperidine rings is 1. The third-order valence-electron chi connectivity index (χ3n) is 2.99. The first-order valence-electron chi connectivity index (χ1n) is 6.42. The number of nitrogens with zero attached hydrogens (tertiary/aromatic N) is 1. The zero-order valence-electron chi connectivity index (χ0n) is 12.2. The highest BCUT2D eigenvalue weighted by atomic mass is 16.6. The SMILES string of the molecule is COC(=O)C1C[C@@H](C(=O)O)CN(C(=O)OC(C)(C)C)C1. The highest BCUT2D eigenvalue weighted by Gasteiger charge is 2.38. The van der Waals surface area contributed by atoms with E-state index < -0.39 is 35.5 Å². The summed E-state index contributed by atoms with van der Waals surface area (Å²) < 4.78 is 9.85. The number of methoxy groups -OCH3 is 1. The Bertz CT molecular complexity index is 400. The molecule has 0 aromatic heterocycles. The molecule has 2 atom stereocenters. The molecule has 1 rings (SSSR count). The Morgan fingerprint density at radius 1 is 1.15 bits per heavy atom. The molecule has 1 aliphatic rings. The van der Waals surface area contributed by atoms with Crippen molar-refractivity contribution in [2.75, 3.05) is 20.2 Å². The van der Waals surface area contributed by atoms with Crippen LogP contribution in [0.15, 0.2) is 0 Å². The molecule has 0 bridgehead atoms. The number of amides is 1. The summed E-state index contributed by atoms with van der Waals surface area (Å²) in [5.41, 5.74) is -0.673. The van der Waals surface area contributed by atoms with Gasteiger partial charge in [0.25, 0.3) is 0 Å². The van der Waals surface area contributed by atoms with E-state index in [0.717, 1.165) is 0 Å². The molecule has 7 nitrogen and oxygen atoms in total. The number of hydrogen-bond donors (Lipinski definition) is 1. The molecule has 114 valence electrons. The normalized spacial score (nSPS) is 23.1. The van der Waals surface area contributed by atoms with Gasteiger partial charge in [-0.15, -0.1) is 0 Å². The van der Waals surface area contributed by atoms with E-state index in [-0.39, 0.29) is 19.5 Å². The maximum atomic E-state index is 12.0. The predicted octanol–water partition coefficient (Wildman–Crippen LogP) is 1.12. The molecule has 1 fully saturated rings. The molecule has 1 heterocycles. The second kappa shape index (κ2) is 6.11. The first-order valence-corrected chi connectivity index (χ1v) is 6.42. The van der Waals surface area contributed by atoms with E-state index in [1.807, 2.05) is 0 Å². The predicted molar refractivity (Wildman–Crippen MR) is 69.1 cm³/mol. The molecule has 0 aromatic carbocycles. The summed E-state index contributed by atoms with van der Waals surface area (Å²) in [6.45, 7) is 5.33. The Labute approximate surface area is 117 Å². The maximum Gasteiger partial charge on any atom is 0.410 e. The number of carbonyl (C=O) groups excluding carboxylic acids is 2. The summed E-state index contributed by atoms with van der Waals surface area (Å²) in [6.07, 6.45) is -0.446. The van der Waals surface area contributed by atoms with E-state index in [9.17, 15) is 14.4 Å². The van der Waals surface area contributed by atoms with Crippen molar-refractivity contribution in [3.05, 3.63) is 0 Å². The molecule has 20 heavy (non-hydrogen) atoms. The molecule has 1 N–H and O–H groups in total. The number of rotatable bonds is 2. The van der Waals surface area contributed by atoms with Crippen molar-refractivity contribution in [2.45, 2.75) is 32.8 Å². The summed E-state index contributed by atoms with van der Waals surface area (Å²) in [7, 11) is 1.24. The van der Waals surface area contributed by atoms with Crippen LogP contribution in [0, 0.1) is 11.8 Å². The lowest BCUT2D eigenvalue weighted by atomic mass is 9.89. The average molecular weight is 287 g/mol. The molecule has 1 aliphatic heterocycles. The van der Waals surface area contributed by atoms with Crippen LogP contribution in [-0.4, -0.2) is 53.8 Å². The summed E-state index contributed by atoms with van der Waals surface area (Å²) in [6, 6.07) is 0. The number of carboxylic acids is 1. The maximum absolute atomic E-state index is 12.0. The fourth-order valence-electron chi connectivity index (χ4n) is 2.09. The number of aliphatic carboxylic acids is 1. The van der Waals surface area contributed by atoms with E-state index in [1.54, 1.807) is 20.8 Å². The van der Waals surface area contributed by atoms with Gasteiger partial charge in [-0.1, -0.05) is 0 Å². The zero-order valence-corrected chi connectivity index (χ0v) is 12.2. The van der Waals surface area contributed by atoms with Crippen molar-refractivity contribution >= 4 is 18.0 Å².